The van der Waals surface area contributed by atoms with Crippen molar-refractivity contribution >= 4 is 17.4 Å². The molecule has 20 heavy (non-hydrogen) atoms. The second-order valence-electron chi connectivity index (χ2n) is 4.57. The maximum atomic E-state index is 12.9. The zero-order valence-electron chi connectivity index (χ0n) is 11.1. The van der Waals surface area contributed by atoms with E-state index >= 15 is 0 Å². The molecule has 1 nitrogen and oxygen atoms in total. The second kappa shape index (κ2) is 5.40. The highest BCUT2D eigenvalue weighted by Gasteiger charge is 2.33. The van der Waals surface area contributed by atoms with Crippen molar-refractivity contribution in [3.63, 3.8) is 0 Å². The molecule has 2 aromatic rings. The Morgan fingerprint density at radius 2 is 1.60 bits per heavy atom. The molecule has 0 fully saturated rings. The standard InChI is InChI=1S/C15H14F3NS/c1-9-5-3-4-6-13(9)20-14-8-11(15(16,17)18)12(19)7-10(14)2/h3-8H,19H2,1-2H3. The van der Waals surface area contributed by atoms with Crippen LogP contribution in [0.4, 0.5) is 18.9 Å². The highest BCUT2D eigenvalue weighted by Crippen LogP contribution is 2.40. The van der Waals surface area contributed by atoms with Gasteiger partial charge in [0.1, 0.15) is 0 Å². The molecule has 5 heteroatoms. The smallest absolute Gasteiger partial charge is 0.398 e. The van der Waals surface area contributed by atoms with E-state index < -0.39 is 11.7 Å². The van der Waals surface area contributed by atoms with E-state index in [2.05, 4.69) is 0 Å². The molecule has 0 aliphatic carbocycles. The molecule has 106 valence electrons. The van der Waals surface area contributed by atoms with E-state index in [-0.39, 0.29) is 5.69 Å². The molecule has 0 atom stereocenters. The predicted octanol–water partition coefficient (Wildman–Crippen LogP) is 5.06. The number of benzene rings is 2. The van der Waals surface area contributed by atoms with Gasteiger partial charge in [-0.25, -0.2) is 0 Å². The predicted molar refractivity (Wildman–Crippen MR) is 75.9 cm³/mol. The summed E-state index contributed by atoms with van der Waals surface area (Å²) in [4.78, 5) is 1.51. The minimum absolute atomic E-state index is 0.232. The molecule has 2 N–H and O–H groups in total. The van der Waals surface area contributed by atoms with Gasteiger partial charge in [0.2, 0.25) is 0 Å². The van der Waals surface area contributed by atoms with E-state index in [1.807, 2.05) is 31.2 Å². The molecule has 0 saturated carbocycles. The lowest BCUT2D eigenvalue weighted by Gasteiger charge is -2.14. The van der Waals surface area contributed by atoms with Gasteiger partial charge in [0, 0.05) is 15.5 Å². The summed E-state index contributed by atoms with van der Waals surface area (Å²) in [5.74, 6) is 0. The van der Waals surface area contributed by atoms with Crippen LogP contribution in [0.15, 0.2) is 46.2 Å². The first-order valence-corrected chi connectivity index (χ1v) is 6.81. The summed E-state index contributed by atoms with van der Waals surface area (Å²) in [6, 6.07) is 10.1. The van der Waals surface area contributed by atoms with E-state index in [0.717, 1.165) is 22.1 Å². The van der Waals surface area contributed by atoms with Crippen molar-refractivity contribution in [1.29, 1.82) is 0 Å². The largest absolute Gasteiger partial charge is 0.418 e. The summed E-state index contributed by atoms with van der Waals surface area (Å²) in [7, 11) is 0. The van der Waals surface area contributed by atoms with Crippen LogP contribution in [0.5, 0.6) is 0 Å². The summed E-state index contributed by atoms with van der Waals surface area (Å²) in [5.41, 5.74) is 6.23. The molecule has 2 aromatic carbocycles. The van der Waals surface area contributed by atoms with Gasteiger partial charge in [-0.05, 0) is 43.2 Å². The molecule has 0 spiro atoms. The van der Waals surface area contributed by atoms with Crippen molar-refractivity contribution in [3.05, 3.63) is 53.1 Å². The van der Waals surface area contributed by atoms with Crippen molar-refractivity contribution in [2.24, 2.45) is 0 Å². The molecular weight excluding hydrogens is 283 g/mol. The third kappa shape index (κ3) is 3.10. The Balaban J connectivity index is 2.45. The number of hydrogen-bond acceptors (Lipinski definition) is 2. The Labute approximate surface area is 120 Å². The lowest BCUT2D eigenvalue weighted by atomic mass is 10.1. The summed E-state index contributed by atoms with van der Waals surface area (Å²) >= 11 is 1.32. The molecule has 0 amide bonds. The fourth-order valence-corrected chi connectivity index (χ4v) is 2.86. The van der Waals surface area contributed by atoms with Crippen molar-refractivity contribution in [2.75, 3.05) is 5.73 Å². The first kappa shape index (κ1) is 14.8. The first-order valence-electron chi connectivity index (χ1n) is 6.00. The highest BCUT2D eigenvalue weighted by molar-refractivity contribution is 7.99. The summed E-state index contributed by atoms with van der Waals surface area (Å²) in [6.45, 7) is 3.69. The van der Waals surface area contributed by atoms with Crippen LogP contribution in [0.2, 0.25) is 0 Å². The molecular formula is C15H14F3NS. The van der Waals surface area contributed by atoms with Crippen LogP contribution in [0.3, 0.4) is 0 Å². The van der Waals surface area contributed by atoms with Crippen molar-refractivity contribution < 1.29 is 13.2 Å². The van der Waals surface area contributed by atoms with E-state index in [0.29, 0.717) is 4.90 Å². The van der Waals surface area contributed by atoms with E-state index in [4.69, 9.17) is 5.73 Å². The maximum absolute atomic E-state index is 12.9. The van der Waals surface area contributed by atoms with E-state index in [9.17, 15) is 13.2 Å². The fraction of sp³-hybridized carbons (Fsp3) is 0.200. The van der Waals surface area contributed by atoms with Crippen LogP contribution in [0.25, 0.3) is 0 Å². The fourth-order valence-electron chi connectivity index (χ4n) is 1.86. The minimum atomic E-state index is -4.43. The lowest BCUT2D eigenvalue weighted by Crippen LogP contribution is -2.09. The summed E-state index contributed by atoms with van der Waals surface area (Å²) in [5, 5.41) is 0. The molecule has 0 aliphatic heterocycles. The molecule has 0 unspecified atom stereocenters. The minimum Gasteiger partial charge on any atom is -0.398 e. The van der Waals surface area contributed by atoms with E-state index in [1.54, 1.807) is 6.92 Å². The maximum Gasteiger partial charge on any atom is 0.418 e. The zero-order chi connectivity index (χ0) is 14.9. The van der Waals surface area contributed by atoms with Gasteiger partial charge in [-0.3, -0.25) is 0 Å². The van der Waals surface area contributed by atoms with Crippen LogP contribution in [-0.4, -0.2) is 0 Å². The van der Waals surface area contributed by atoms with Crippen molar-refractivity contribution in [3.8, 4) is 0 Å². The average Bonchev–Trinajstić information content (AvgIpc) is 2.33. The van der Waals surface area contributed by atoms with Crippen LogP contribution in [0, 0.1) is 13.8 Å². The zero-order valence-corrected chi connectivity index (χ0v) is 11.9. The Morgan fingerprint density at radius 1 is 0.950 bits per heavy atom. The molecule has 0 aromatic heterocycles. The normalized spacial score (nSPS) is 11.7. The summed E-state index contributed by atoms with van der Waals surface area (Å²) in [6.07, 6.45) is -4.43. The molecule has 2 rings (SSSR count). The number of rotatable bonds is 2. The SMILES string of the molecule is Cc1ccccc1Sc1cc(C(F)(F)F)c(N)cc1C. The van der Waals surface area contributed by atoms with Gasteiger partial charge in [0.15, 0.2) is 0 Å². The van der Waals surface area contributed by atoms with Crippen molar-refractivity contribution in [2.45, 2.75) is 29.8 Å². The van der Waals surface area contributed by atoms with Gasteiger partial charge in [-0.15, -0.1) is 0 Å². The summed E-state index contributed by atoms with van der Waals surface area (Å²) < 4.78 is 38.7. The monoisotopic (exact) mass is 297 g/mol. The highest BCUT2D eigenvalue weighted by atomic mass is 32.2. The van der Waals surface area contributed by atoms with Gasteiger partial charge < -0.3 is 5.73 Å². The van der Waals surface area contributed by atoms with Gasteiger partial charge in [0.05, 0.1) is 5.56 Å². The Bertz CT molecular complexity index is 636. The number of aryl methyl sites for hydroxylation is 2. The Kier molecular flexibility index (Phi) is 3.99. The van der Waals surface area contributed by atoms with Gasteiger partial charge >= 0.3 is 6.18 Å². The van der Waals surface area contributed by atoms with Crippen LogP contribution < -0.4 is 5.73 Å². The van der Waals surface area contributed by atoms with Gasteiger partial charge in [-0.2, -0.15) is 13.2 Å². The topological polar surface area (TPSA) is 26.0 Å². The number of halogens is 3. The van der Waals surface area contributed by atoms with E-state index in [1.165, 1.54) is 17.8 Å². The number of nitrogen functional groups attached to an aromatic ring is 1. The quantitative estimate of drug-likeness (QED) is 0.784. The molecule has 0 radical (unpaired) electrons. The molecule has 0 saturated heterocycles. The van der Waals surface area contributed by atoms with Gasteiger partial charge in [-0.1, -0.05) is 30.0 Å². The second-order valence-corrected chi connectivity index (χ2v) is 5.65. The Hall–Kier alpha value is -1.62. The van der Waals surface area contributed by atoms with Gasteiger partial charge in [0.25, 0.3) is 0 Å². The average molecular weight is 297 g/mol. The molecule has 0 heterocycles. The number of hydrogen-bond donors (Lipinski definition) is 1. The Morgan fingerprint density at radius 3 is 2.20 bits per heavy atom. The molecule has 0 bridgehead atoms. The van der Waals surface area contributed by atoms with Crippen LogP contribution in [0.1, 0.15) is 16.7 Å². The van der Waals surface area contributed by atoms with Crippen LogP contribution in [-0.2, 0) is 6.18 Å². The third-order valence-corrected chi connectivity index (χ3v) is 4.30. The third-order valence-electron chi connectivity index (χ3n) is 2.97. The first-order chi connectivity index (χ1) is 9.29. The number of nitrogens with two attached hydrogens (primary N) is 1. The number of alkyl halides is 3. The number of anilines is 1. The lowest BCUT2D eigenvalue weighted by molar-refractivity contribution is -0.137. The van der Waals surface area contributed by atoms with Crippen molar-refractivity contribution in [1.82, 2.24) is 0 Å². The van der Waals surface area contributed by atoms with Crippen LogP contribution >= 0.6 is 11.8 Å². The molecule has 0 aliphatic rings.